The summed E-state index contributed by atoms with van der Waals surface area (Å²) in [5.74, 6) is 0. The topological polar surface area (TPSA) is 46.0 Å². The maximum absolute atomic E-state index is 10.2. The molecule has 0 aliphatic carbocycles. The van der Waals surface area contributed by atoms with Crippen LogP contribution >= 0.6 is 11.3 Å². The van der Waals surface area contributed by atoms with Gasteiger partial charge >= 0.3 is 0 Å². The Balaban J connectivity index is 2.06. The molecule has 0 radical (unpaired) electrons. The number of aliphatic hydroxyl groups is 1. The van der Waals surface area contributed by atoms with E-state index in [1.165, 1.54) is 11.3 Å². The zero-order chi connectivity index (χ0) is 12.5. The summed E-state index contributed by atoms with van der Waals surface area (Å²) < 4.78 is 0. The molecule has 3 aromatic rings. The van der Waals surface area contributed by atoms with Gasteiger partial charge in [-0.2, -0.15) is 0 Å². The average Bonchev–Trinajstić information content (AvgIpc) is 2.91. The molecule has 2 heterocycles. The van der Waals surface area contributed by atoms with Crippen LogP contribution in [0.15, 0.2) is 41.9 Å². The van der Waals surface area contributed by atoms with Gasteiger partial charge in [-0.25, -0.2) is 4.98 Å². The molecule has 1 N–H and O–H groups in total. The van der Waals surface area contributed by atoms with Gasteiger partial charge < -0.3 is 5.11 Å². The van der Waals surface area contributed by atoms with Crippen LogP contribution in [-0.2, 0) is 0 Å². The van der Waals surface area contributed by atoms with Crippen molar-refractivity contribution in [3.05, 3.63) is 58.2 Å². The number of hydrogen-bond donors (Lipinski definition) is 1. The van der Waals surface area contributed by atoms with Crippen LogP contribution in [0.2, 0.25) is 0 Å². The molecule has 3 rings (SSSR count). The normalized spacial score (nSPS) is 12.8. The van der Waals surface area contributed by atoms with Crippen molar-refractivity contribution in [3.63, 3.8) is 0 Å². The molecule has 2 aromatic heterocycles. The molecular formula is C14H12N2OS. The number of hydrogen-bond acceptors (Lipinski definition) is 4. The molecule has 18 heavy (non-hydrogen) atoms. The maximum atomic E-state index is 10.2. The number of rotatable bonds is 2. The van der Waals surface area contributed by atoms with Crippen molar-refractivity contribution < 1.29 is 5.11 Å². The summed E-state index contributed by atoms with van der Waals surface area (Å²) in [5, 5.41) is 13.8. The van der Waals surface area contributed by atoms with Gasteiger partial charge in [0.2, 0.25) is 0 Å². The number of nitrogens with zero attached hydrogens (tertiary/aromatic N) is 2. The Morgan fingerprint density at radius 2 is 2.11 bits per heavy atom. The predicted molar refractivity (Wildman–Crippen MR) is 72.7 cm³/mol. The molecule has 1 unspecified atom stereocenters. The summed E-state index contributed by atoms with van der Waals surface area (Å²) in [7, 11) is 0. The van der Waals surface area contributed by atoms with E-state index in [4.69, 9.17) is 0 Å². The molecule has 0 aliphatic heterocycles. The smallest absolute Gasteiger partial charge is 0.131 e. The highest BCUT2D eigenvalue weighted by Crippen LogP contribution is 2.26. The van der Waals surface area contributed by atoms with Crippen LogP contribution in [-0.4, -0.2) is 15.1 Å². The Labute approximate surface area is 109 Å². The Morgan fingerprint density at radius 1 is 1.22 bits per heavy atom. The number of fused-ring (bicyclic) bond motifs is 1. The highest BCUT2D eigenvalue weighted by atomic mass is 32.1. The zero-order valence-corrected chi connectivity index (χ0v) is 10.7. The van der Waals surface area contributed by atoms with E-state index in [2.05, 4.69) is 9.97 Å². The first-order valence-electron chi connectivity index (χ1n) is 5.69. The van der Waals surface area contributed by atoms with Gasteiger partial charge in [0.05, 0.1) is 5.52 Å². The van der Waals surface area contributed by atoms with Crippen molar-refractivity contribution in [1.82, 2.24) is 9.97 Å². The minimum absolute atomic E-state index is 0.657. The summed E-state index contributed by atoms with van der Waals surface area (Å²) >= 11 is 1.46. The zero-order valence-electron chi connectivity index (χ0n) is 9.87. The lowest BCUT2D eigenvalue weighted by Crippen LogP contribution is -1.98. The van der Waals surface area contributed by atoms with Gasteiger partial charge in [0.1, 0.15) is 11.1 Å². The number of aromatic nitrogens is 2. The number of pyridine rings is 1. The molecule has 0 amide bonds. The molecular weight excluding hydrogens is 244 g/mol. The first-order chi connectivity index (χ1) is 8.74. The van der Waals surface area contributed by atoms with E-state index in [1.807, 2.05) is 42.6 Å². The van der Waals surface area contributed by atoms with Crippen LogP contribution in [0.1, 0.15) is 22.4 Å². The number of benzene rings is 1. The molecule has 4 heteroatoms. The highest BCUT2D eigenvalue weighted by molar-refractivity contribution is 7.09. The SMILES string of the molecule is Cc1ccc2cc(C(O)c3nccs3)ccc2n1. The predicted octanol–water partition coefficient (Wildman–Crippen LogP) is 3.08. The van der Waals surface area contributed by atoms with Crippen LogP contribution < -0.4 is 0 Å². The Bertz CT molecular complexity index is 679. The summed E-state index contributed by atoms with van der Waals surface area (Å²) in [6, 6.07) is 9.81. The van der Waals surface area contributed by atoms with Crippen molar-refractivity contribution in [2.75, 3.05) is 0 Å². The fourth-order valence-corrected chi connectivity index (χ4v) is 2.58. The lowest BCUT2D eigenvalue weighted by Gasteiger charge is -2.09. The second-order valence-corrected chi connectivity index (χ2v) is 5.10. The van der Waals surface area contributed by atoms with Gasteiger partial charge in [0.15, 0.2) is 0 Å². The van der Waals surface area contributed by atoms with E-state index in [1.54, 1.807) is 6.20 Å². The standard InChI is InChI=1S/C14H12N2OS/c1-9-2-3-10-8-11(4-5-12(10)16-9)13(17)14-15-6-7-18-14/h2-8,13,17H,1H3. The lowest BCUT2D eigenvalue weighted by molar-refractivity contribution is 0.220. The molecule has 90 valence electrons. The van der Waals surface area contributed by atoms with Crippen LogP contribution in [0.5, 0.6) is 0 Å². The van der Waals surface area contributed by atoms with Gasteiger partial charge in [-0.15, -0.1) is 11.3 Å². The van der Waals surface area contributed by atoms with Crippen molar-refractivity contribution in [2.24, 2.45) is 0 Å². The fraction of sp³-hybridized carbons (Fsp3) is 0.143. The van der Waals surface area contributed by atoms with Crippen molar-refractivity contribution in [2.45, 2.75) is 13.0 Å². The van der Waals surface area contributed by atoms with E-state index in [0.29, 0.717) is 0 Å². The lowest BCUT2D eigenvalue weighted by atomic mass is 10.1. The van der Waals surface area contributed by atoms with E-state index in [-0.39, 0.29) is 0 Å². The minimum Gasteiger partial charge on any atom is -0.381 e. The van der Waals surface area contributed by atoms with Crippen LogP contribution in [0.4, 0.5) is 0 Å². The Hall–Kier alpha value is -1.78. The highest BCUT2D eigenvalue weighted by Gasteiger charge is 2.13. The quantitative estimate of drug-likeness (QED) is 0.766. The maximum Gasteiger partial charge on any atom is 0.131 e. The third kappa shape index (κ3) is 2.00. The molecule has 0 aliphatic rings. The molecule has 0 fully saturated rings. The summed E-state index contributed by atoms with van der Waals surface area (Å²) in [5.41, 5.74) is 2.80. The third-order valence-electron chi connectivity index (χ3n) is 2.85. The number of thiazole rings is 1. The third-order valence-corrected chi connectivity index (χ3v) is 3.68. The molecule has 3 nitrogen and oxygen atoms in total. The monoisotopic (exact) mass is 256 g/mol. The number of aryl methyl sites for hydroxylation is 1. The Kier molecular flexibility index (Phi) is 2.81. The Morgan fingerprint density at radius 3 is 2.89 bits per heavy atom. The van der Waals surface area contributed by atoms with Gasteiger partial charge in [-0.1, -0.05) is 12.1 Å². The summed E-state index contributed by atoms with van der Waals surface area (Å²) in [6.07, 6.45) is 1.05. The van der Waals surface area contributed by atoms with Gasteiger partial charge in [0.25, 0.3) is 0 Å². The molecule has 0 saturated heterocycles. The van der Waals surface area contributed by atoms with Gasteiger partial charge in [-0.05, 0) is 30.7 Å². The summed E-state index contributed by atoms with van der Waals surface area (Å²) in [4.78, 5) is 8.58. The van der Waals surface area contributed by atoms with Crippen LogP contribution in [0.25, 0.3) is 10.9 Å². The van der Waals surface area contributed by atoms with E-state index in [0.717, 1.165) is 27.2 Å². The van der Waals surface area contributed by atoms with Gasteiger partial charge in [0, 0.05) is 22.7 Å². The van der Waals surface area contributed by atoms with Crippen molar-refractivity contribution in [1.29, 1.82) is 0 Å². The molecule has 0 spiro atoms. The molecule has 0 saturated carbocycles. The van der Waals surface area contributed by atoms with Gasteiger partial charge in [-0.3, -0.25) is 4.98 Å². The first kappa shape index (κ1) is 11.3. The van der Waals surface area contributed by atoms with E-state index < -0.39 is 6.10 Å². The number of aliphatic hydroxyl groups excluding tert-OH is 1. The van der Waals surface area contributed by atoms with Crippen molar-refractivity contribution in [3.8, 4) is 0 Å². The van der Waals surface area contributed by atoms with E-state index >= 15 is 0 Å². The first-order valence-corrected chi connectivity index (χ1v) is 6.57. The van der Waals surface area contributed by atoms with E-state index in [9.17, 15) is 5.11 Å². The minimum atomic E-state index is -0.657. The second kappa shape index (κ2) is 4.48. The van der Waals surface area contributed by atoms with Crippen LogP contribution in [0, 0.1) is 6.92 Å². The molecule has 1 atom stereocenters. The van der Waals surface area contributed by atoms with Crippen LogP contribution in [0.3, 0.4) is 0 Å². The fourth-order valence-electron chi connectivity index (χ4n) is 1.93. The largest absolute Gasteiger partial charge is 0.381 e. The summed E-state index contributed by atoms with van der Waals surface area (Å²) in [6.45, 7) is 1.97. The van der Waals surface area contributed by atoms with Crippen molar-refractivity contribution >= 4 is 22.2 Å². The average molecular weight is 256 g/mol. The second-order valence-electron chi connectivity index (χ2n) is 4.18. The molecule has 1 aromatic carbocycles. The molecule has 0 bridgehead atoms.